The predicted molar refractivity (Wildman–Crippen MR) is 56.2 cm³/mol. The Morgan fingerprint density at radius 1 is 1.40 bits per heavy atom. The van der Waals surface area contributed by atoms with Crippen LogP contribution in [0.3, 0.4) is 0 Å². The Bertz CT molecular complexity index is 238. The molecule has 0 radical (unpaired) electrons. The van der Waals surface area contributed by atoms with E-state index >= 15 is 0 Å². The fourth-order valence-corrected chi connectivity index (χ4v) is 1.90. The monoisotopic (exact) mass is 213 g/mol. The highest BCUT2D eigenvalue weighted by Crippen LogP contribution is 2.17. The Morgan fingerprint density at radius 3 is 2.20 bits per heavy atom. The van der Waals surface area contributed by atoms with Crippen molar-refractivity contribution >= 4 is 0 Å². The summed E-state index contributed by atoms with van der Waals surface area (Å²) in [5.41, 5.74) is 4.98. The fourth-order valence-electron chi connectivity index (χ4n) is 1.90. The van der Waals surface area contributed by atoms with Crippen LogP contribution in [0.1, 0.15) is 6.92 Å². The summed E-state index contributed by atoms with van der Waals surface area (Å²) in [5, 5.41) is 8.84. The molecule has 0 amide bonds. The molecular weight excluding hydrogens is 194 g/mol. The zero-order valence-electron chi connectivity index (χ0n) is 9.56. The summed E-state index contributed by atoms with van der Waals surface area (Å²) in [6, 6.07) is 2.09. The normalized spacial score (nSPS) is 31.1. The number of likely N-dealkylation sites (tertiary alicyclic amines) is 1. The number of ether oxygens (including phenoxy) is 2. The van der Waals surface area contributed by atoms with E-state index in [9.17, 15) is 0 Å². The minimum atomic E-state index is -0.805. The van der Waals surface area contributed by atoms with Crippen LogP contribution in [0.4, 0.5) is 0 Å². The lowest BCUT2D eigenvalue weighted by atomic mass is 10.1. The first-order chi connectivity index (χ1) is 7.02. The van der Waals surface area contributed by atoms with Crippen LogP contribution in [-0.2, 0) is 9.47 Å². The van der Waals surface area contributed by atoms with Crippen LogP contribution in [0, 0.1) is 11.3 Å². The molecule has 0 aromatic carbocycles. The molecule has 2 N–H and O–H groups in total. The van der Waals surface area contributed by atoms with Crippen LogP contribution >= 0.6 is 0 Å². The van der Waals surface area contributed by atoms with E-state index < -0.39 is 5.54 Å². The second-order valence-electron chi connectivity index (χ2n) is 4.27. The van der Waals surface area contributed by atoms with Crippen molar-refractivity contribution in [3.05, 3.63) is 0 Å². The summed E-state index contributed by atoms with van der Waals surface area (Å²) in [5.74, 6) is 0. The quantitative estimate of drug-likeness (QED) is 0.686. The number of nitrogens with two attached hydrogens (primary N) is 1. The molecule has 1 aliphatic heterocycles. The average molecular weight is 213 g/mol. The molecule has 1 rings (SSSR count). The first kappa shape index (κ1) is 12.4. The molecule has 1 fully saturated rings. The molecule has 3 atom stereocenters. The highest BCUT2D eigenvalue weighted by molar-refractivity contribution is 5.04. The van der Waals surface area contributed by atoms with Crippen LogP contribution < -0.4 is 5.73 Å². The van der Waals surface area contributed by atoms with Crippen molar-refractivity contribution in [2.75, 3.05) is 33.9 Å². The third-order valence-corrected chi connectivity index (χ3v) is 2.70. The molecule has 1 saturated heterocycles. The maximum absolute atomic E-state index is 8.84. The number of rotatable bonds is 4. The number of methoxy groups -OCH3 is 2. The molecular formula is C10H19N3O2. The van der Waals surface area contributed by atoms with Gasteiger partial charge >= 0.3 is 0 Å². The van der Waals surface area contributed by atoms with Gasteiger partial charge < -0.3 is 15.2 Å². The van der Waals surface area contributed by atoms with Crippen LogP contribution in [0.15, 0.2) is 0 Å². The Morgan fingerprint density at radius 2 is 1.87 bits per heavy atom. The second kappa shape index (κ2) is 4.90. The third kappa shape index (κ3) is 3.14. The summed E-state index contributed by atoms with van der Waals surface area (Å²) >= 11 is 0. The van der Waals surface area contributed by atoms with E-state index in [1.165, 1.54) is 0 Å². The Labute approximate surface area is 90.7 Å². The van der Waals surface area contributed by atoms with E-state index in [-0.39, 0.29) is 12.2 Å². The van der Waals surface area contributed by atoms with Crippen LogP contribution in [-0.4, -0.2) is 56.5 Å². The van der Waals surface area contributed by atoms with Gasteiger partial charge in [0.25, 0.3) is 0 Å². The predicted octanol–water partition coefficient (Wildman–Crippen LogP) is -0.427. The zero-order chi connectivity index (χ0) is 11.5. The van der Waals surface area contributed by atoms with E-state index in [1.807, 2.05) is 0 Å². The van der Waals surface area contributed by atoms with Crippen molar-refractivity contribution in [1.82, 2.24) is 4.90 Å². The minimum absolute atomic E-state index is 0.0736. The summed E-state index contributed by atoms with van der Waals surface area (Å²) in [6.07, 6.45) is 0.147. The molecule has 1 aliphatic rings. The van der Waals surface area contributed by atoms with Gasteiger partial charge in [-0.3, -0.25) is 4.90 Å². The van der Waals surface area contributed by atoms with Gasteiger partial charge in [-0.25, -0.2) is 0 Å². The summed E-state index contributed by atoms with van der Waals surface area (Å²) in [6.45, 7) is 3.81. The van der Waals surface area contributed by atoms with E-state index in [4.69, 9.17) is 20.5 Å². The molecule has 0 aromatic heterocycles. The first-order valence-electron chi connectivity index (χ1n) is 5.00. The smallest absolute Gasteiger partial charge is 0.114 e. The van der Waals surface area contributed by atoms with Crippen LogP contribution in [0.5, 0.6) is 0 Å². The maximum Gasteiger partial charge on any atom is 0.114 e. The van der Waals surface area contributed by atoms with Gasteiger partial charge in [0.2, 0.25) is 0 Å². The molecule has 3 unspecified atom stereocenters. The molecule has 15 heavy (non-hydrogen) atoms. The Balaban J connectivity index is 2.51. The number of nitrogens with zero attached hydrogens (tertiary/aromatic N) is 2. The molecule has 1 heterocycles. The lowest BCUT2D eigenvalue weighted by molar-refractivity contribution is -0.00461. The Kier molecular flexibility index (Phi) is 4.05. The molecule has 0 saturated carbocycles. The number of hydrogen-bond acceptors (Lipinski definition) is 5. The van der Waals surface area contributed by atoms with E-state index in [0.717, 1.165) is 13.1 Å². The SMILES string of the molecule is COC1CN(CC(C)(N)C#N)CC1OC. The molecule has 0 bridgehead atoms. The minimum Gasteiger partial charge on any atom is -0.377 e. The molecule has 5 nitrogen and oxygen atoms in total. The molecule has 0 spiro atoms. The van der Waals surface area contributed by atoms with Gasteiger partial charge in [0.05, 0.1) is 18.3 Å². The first-order valence-corrected chi connectivity index (χ1v) is 5.00. The third-order valence-electron chi connectivity index (χ3n) is 2.70. The summed E-state index contributed by atoms with van der Waals surface area (Å²) < 4.78 is 10.6. The van der Waals surface area contributed by atoms with Gasteiger partial charge in [0.1, 0.15) is 5.54 Å². The standard InChI is InChI=1S/C10H19N3O2/c1-10(12,6-11)7-13-4-8(14-2)9(5-13)15-3/h8-9H,4-5,7,12H2,1-3H3. The lowest BCUT2D eigenvalue weighted by Crippen LogP contribution is -2.46. The van der Waals surface area contributed by atoms with Crippen molar-refractivity contribution in [1.29, 1.82) is 5.26 Å². The Hall–Kier alpha value is -0.670. The second-order valence-corrected chi connectivity index (χ2v) is 4.27. The molecule has 5 heteroatoms. The summed E-state index contributed by atoms with van der Waals surface area (Å²) in [7, 11) is 3.35. The summed E-state index contributed by atoms with van der Waals surface area (Å²) in [4.78, 5) is 2.10. The van der Waals surface area contributed by atoms with Gasteiger partial charge in [-0.15, -0.1) is 0 Å². The van der Waals surface area contributed by atoms with Crippen molar-refractivity contribution in [3.63, 3.8) is 0 Å². The van der Waals surface area contributed by atoms with Gasteiger partial charge in [0.15, 0.2) is 0 Å². The maximum atomic E-state index is 8.84. The van der Waals surface area contributed by atoms with Crippen LogP contribution in [0.2, 0.25) is 0 Å². The average Bonchev–Trinajstić information content (AvgIpc) is 2.59. The van der Waals surface area contributed by atoms with Crippen molar-refractivity contribution in [3.8, 4) is 6.07 Å². The molecule has 0 aromatic rings. The number of nitriles is 1. The molecule has 86 valence electrons. The largest absolute Gasteiger partial charge is 0.377 e. The van der Waals surface area contributed by atoms with Gasteiger partial charge in [-0.05, 0) is 6.92 Å². The zero-order valence-corrected chi connectivity index (χ0v) is 9.56. The fraction of sp³-hybridized carbons (Fsp3) is 0.900. The van der Waals surface area contributed by atoms with Crippen molar-refractivity contribution < 1.29 is 9.47 Å². The topological polar surface area (TPSA) is 71.5 Å². The molecule has 0 aliphatic carbocycles. The highest BCUT2D eigenvalue weighted by atomic mass is 16.5. The highest BCUT2D eigenvalue weighted by Gasteiger charge is 2.35. The van der Waals surface area contributed by atoms with E-state index in [2.05, 4.69) is 11.0 Å². The number of hydrogen-bond donors (Lipinski definition) is 1. The lowest BCUT2D eigenvalue weighted by Gasteiger charge is -2.23. The van der Waals surface area contributed by atoms with Gasteiger partial charge in [-0.2, -0.15) is 5.26 Å². The van der Waals surface area contributed by atoms with Gasteiger partial charge in [-0.1, -0.05) is 0 Å². The van der Waals surface area contributed by atoms with Crippen LogP contribution in [0.25, 0.3) is 0 Å². The van der Waals surface area contributed by atoms with Crippen molar-refractivity contribution in [2.24, 2.45) is 5.73 Å². The van der Waals surface area contributed by atoms with E-state index in [0.29, 0.717) is 6.54 Å². The van der Waals surface area contributed by atoms with E-state index in [1.54, 1.807) is 21.1 Å². The van der Waals surface area contributed by atoms with Gasteiger partial charge in [0, 0.05) is 33.9 Å². The van der Waals surface area contributed by atoms with Crippen molar-refractivity contribution in [2.45, 2.75) is 24.7 Å².